The Morgan fingerprint density at radius 3 is 2.71 bits per heavy atom. The topological polar surface area (TPSA) is 113 Å². The first-order valence-corrected chi connectivity index (χ1v) is 11.5. The van der Waals surface area contributed by atoms with Crippen molar-refractivity contribution in [3.63, 3.8) is 0 Å². The maximum absolute atomic E-state index is 12.4. The van der Waals surface area contributed by atoms with Crippen LogP contribution in [0, 0.1) is 11.3 Å². The molecule has 4 aromatic rings. The molecule has 178 valence electrons. The second-order valence-electron chi connectivity index (χ2n) is 8.88. The Labute approximate surface area is 202 Å². The van der Waals surface area contributed by atoms with Crippen LogP contribution in [0.3, 0.4) is 0 Å². The molecule has 1 aliphatic heterocycles. The number of ether oxygens (including phenoxy) is 1. The summed E-state index contributed by atoms with van der Waals surface area (Å²) in [5, 5.41) is 21.2. The van der Waals surface area contributed by atoms with Gasteiger partial charge in [0.25, 0.3) is 5.91 Å². The first-order valence-electron chi connectivity index (χ1n) is 11.5. The number of nitriles is 1. The zero-order chi connectivity index (χ0) is 24.5. The zero-order valence-electron chi connectivity index (χ0n) is 19.8. The van der Waals surface area contributed by atoms with E-state index in [4.69, 9.17) is 9.72 Å². The molecular formula is C25H26N8O2. The molecule has 5 heterocycles. The summed E-state index contributed by atoms with van der Waals surface area (Å²) >= 11 is 0. The van der Waals surface area contributed by atoms with E-state index >= 15 is 0 Å². The third-order valence-electron chi connectivity index (χ3n) is 5.94. The fraction of sp³-hybridized carbons (Fsp3) is 0.320. The molecule has 0 radical (unpaired) electrons. The number of morpholine rings is 1. The Hall–Kier alpha value is -4.23. The number of rotatable bonds is 5. The van der Waals surface area contributed by atoms with E-state index in [0.717, 1.165) is 33.6 Å². The van der Waals surface area contributed by atoms with E-state index in [-0.39, 0.29) is 11.9 Å². The number of anilines is 1. The fourth-order valence-electron chi connectivity index (χ4n) is 4.28. The van der Waals surface area contributed by atoms with Crippen LogP contribution < -0.4 is 10.2 Å². The van der Waals surface area contributed by atoms with Gasteiger partial charge in [-0.25, -0.2) is 9.50 Å². The molecular weight excluding hydrogens is 444 g/mol. The highest BCUT2D eigenvalue weighted by Gasteiger charge is 2.27. The molecule has 1 aliphatic rings. The van der Waals surface area contributed by atoms with E-state index < -0.39 is 6.10 Å². The molecule has 4 aromatic heterocycles. The Morgan fingerprint density at radius 1 is 1.17 bits per heavy atom. The molecule has 1 saturated heterocycles. The lowest BCUT2D eigenvalue weighted by Crippen LogP contribution is -2.51. The van der Waals surface area contributed by atoms with Gasteiger partial charge in [0.05, 0.1) is 36.6 Å². The fourth-order valence-corrected chi connectivity index (χ4v) is 4.28. The van der Waals surface area contributed by atoms with Crippen LogP contribution in [0.4, 0.5) is 5.82 Å². The van der Waals surface area contributed by atoms with Crippen LogP contribution in [0.5, 0.6) is 0 Å². The van der Waals surface area contributed by atoms with E-state index in [1.165, 1.54) is 0 Å². The normalized spacial score (nSPS) is 16.0. The summed E-state index contributed by atoms with van der Waals surface area (Å²) in [4.78, 5) is 19.2. The van der Waals surface area contributed by atoms with Crippen LogP contribution in [-0.4, -0.2) is 62.1 Å². The van der Waals surface area contributed by atoms with E-state index in [0.29, 0.717) is 25.3 Å². The number of pyridine rings is 2. The summed E-state index contributed by atoms with van der Waals surface area (Å²) in [5.41, 5.74) is 4.83. The van der Waals surface area contributed by atoms with E-state index in [1.54, 1.807) is 27.8 Å². The molecule has 5 rings (SSSR count). The zero-order valence-corrected chi connectivity index (χ0v) is 19.8. The predicted octanol–water partition coefficient (Wildman–Crippen LogP) is 2.40. The molecule has 1 unspecified atom stereocenters. The van der Waals surface area contributed by atoms with Gasteiger partial charge in [0, 0.05) is 60.5 Å². The van der Waals surface area contributed by atoms with Gasteiger partial charge in [-0.05, 0) is 32.0 Å². The molecule has 0 spiro atoms. The van der Waals surface area contributed by atoms with Gasteiger partial charge in [-0.1, -0.05) is 0 Å². The number of hydrogen-bond donors (Lipinski definition) is 1. The average Bonchev–Trinajstić information content (AvgIpc) is 3.49. The molecule has 10 heteroatoms. The first kappa shape index (κ1) is 22.6. The number of carbonyl (C=O) groups is 1. The van der Waals surface area contributed by atoms with Crippen molar-refractivity contribution in [2.45, 2.75) is 26.0 Å². The van der Waals surface area contributed by atoms with Crippen molar-refractivity contribution >= 4 is 17.2 Å². The van der Waals surface area contributed by atoms with Crippen LogP contribution in [0.2, 0.25) is 0 Å². The number of nitrogens with zero attached hydrogens (tertiary/aromatic N) is 7. The lowest BCUT2D eigenvalue weighted by Gasteiger charge is -2.33. The van der Waals surface area contributed by atoms with E-state index in [1.807, 2.05) is 51.5 Å². The van der Waals surface area contributed by atoms with Crippen LogP contribution in [-0.2, 0) is 16.6 Å². The van der Waals surface area contributed by atoms with Gasteiger partial charge in [-0.2, -0.15) is 15.5 Å². The van der Waals surface area contributed by atoms with Gasteiger partial charge in [0.2, 0.25) is 0 Å². The summed E-state index contributed by atoms with van der Waals surface area (Å²) in [7, 11) is 1.87. The number of aryl methyl sites for hydroxylation is 1. The van der Waals surface area contributed by atoms with Crippen molar-refractivity contribution in [2.75, 3.05) is 24.6 Å². The summed E-state index contributed by atoms with van der Waals surface area (Å²) in [5.74, 6) is 0.661. The van der Waals surface area contributed by atoms with Crippen molar-refractivity contribution < 1.29 is 9.53 Å². The molecule has 0 aliphatic carbocycles. The highest BCUT2D eigenvalue weighted by Crippen LogP contribution is 2.32. The van der Waals surface area contributed by atoms with Crippen molar-refractivity contribution in [3.05, 3.63) is 54.7 Å². The van der Waals surface area contributed by atoms with Gasteiger partial charge in [-0.15, -0.1) is 0 Å². The van der Waals surface area contributed by atoms with Crippen molar-refractivity contribution in [2.24, 2.45) is 7.05 Å². The SMILES string of the molecule is CC(C)NC(=O)C1CN(c2ccc(-c3cc(-c4cnn(C)c4)cn4ncc(C#N)c34)cn2)CCO1. The molecule has 1 fully saturated rings. The summed E-state index contributed by atoms with van der Waals surface area (Å²) in [6, 6.07) is 8.25. The van der Waals surface area contributed by atoms with Crippen molar-refractivity contribution in [1.82, 2.24) is 29.7 Å². The maximum atomic E-state index is 12.4. The smallest absolute Gasteiger partial charge is 0.251 e. The minimum atomic E-state index is -0.534. The second-order valence-corrected chi connectivity index (χ2v) is 8.88. The largest absolute Gasteiger partial charge is 0.365 e. The summed E-state index contributed by atoms with van der Waals surface area (Å²) < 4.78 is 9.15. The molecule has 1 atom stereocenters. The van der Waals surface area contributed by atoms with Crippen LogP contribution in [0.1, 0.15) is 19.4 Å². The molecule has 10 nitrogen and oxygen atoms in total. The van der Waals surface area contributed by atoms with E-state index in [2.05, 4.69) is 26.5 Å². The number of hydrogen-bond acceptors (Lipinski definition) is 7. The average molecular weight is 471 g/mol. The molecule has 35 heavy (non-hydrogen) atoms. The van der Waals surface area contributed by atoms with Gasteiger partial charge in [-0.3, -0.25) is 9.48 Å². The van der Waals surface area contributed by atoms with Gasteiger partial charge >= 0.3 is 0 Å². The minimum Gasteiger partial charge on any atom is -0.365 e. The highest BCUT2D eigenvalue weighted by atomic mass is 16.5. The van der Waals surface area contributed by atoms with Gasteiger partial charge in [0.15, 0.2) is 6.10 Å². The second kappa shape index (κ2) is 9.19. The molecule has 1 N–H and O–H groups in total. The Kier molecular flexibility index (Phi) is 5.93. The third kappa shape index (κ3) is 4.46. The first-order chi connectivity index (χ1) is 16.9. The molecule has 0 bridgehead atoms. The number of amides is 1. The number of nitrogens with one attached hydrogen (secondary N) is 1. The van der Waals surface area contributed by atoms with E-state index in [9.17, 15) is 10.1 Å². The van der Waals surface area contributed by atoms with Crippen molar-refractivity contribution in [1.29, 1.82) is 5.26 Å². The Bertz CT molecular complexity index is 1410. The number of carbonyl (C=O) groups excluding carboxylic acids is 1. The number of aromatic nitrogens is 5. The highest BCUT2D eigenvalue weighted by molar-refractivity contribution is 5.87. The quantitative estimate of drug-likeness (QED) is 0.476. The Morgan fingerprint density at radius 2 is 2.03 bits per heavy atom. The van der Waals surface area contributed by atoms with Gasteiger partial charge in [0.1, 0.15) is 11.9 Å². The maximum Gasteiger partial charge on any atom is 0.251 e. The Balaban J connectivity index is 1.47. The lowest BCUT2D eigenvalue weighted by molar-refractivity contribution is -0.133. The van der Waals surface area contributed by atoms with Crippen LogP contribution >= 0.6 is 0 Å². The molecule has 1 amide bonds. The number of fused-ring (bicyclic) bond motifs is 1. The monoisotopic (exact) mass is 470 g/mol. The van der Waals surface area contributed by atoms with Crippen molar-refractivity contribution in [3.8, 4) is 28.3 Å². The lowest BCUT2D eigenvalue weighted by atomic mass is 10.0. The third-order valence-corrected chi connectivity index (χ3v) is 5.94. The van der Waals surface area contributed by atoms with Crippen LogP contribution in [0.15, 0.2) is 49.2 Å². The summed E-state index contributed by atoms with van der Waals surface area (Å²) in [6.45, 7) is 5.40. The predicted molar refractivity (Wildman–Crippen MR) is 131 cm³/mol. The van der Waals surface area contributed by atoms with Crippen LogP contribution in [0.25, 0.3) is 27.8 Å². The molecule has 0 saturated carbocycles. The standard InChI is InChI=1S/C25H26N8O2/c1-16(2)30-25(34)22-15-32(6-7-35-22)23-5-4-17(10-27-23)21-8-18(20-12-28-31(3)13-20)14-33-24(21)19(9-26)11-29-33/h4-5,8,10-14,16,22H,6-7,15H2,1-3H3,(H,30,34). The minimum absolute atomic E-state index is 0.0556. The van der Waals surface area contributed by atoms with Gasteiger partial charge < -0.3 is 15.0 Å². The summed E-state index contributed by atoms with van der Waals surface area (Å²) in [6.07, 6.45) is 8.47. The molecule has 0 aromatic carbocycles.